The fourth-order valence-corrected chi connectivity index (χ4v) is 1.35. The number of hydrogen-bond donors (Lipinski definition) is 1. The first-order chi connectivity index (χ1) is 7.66. The average Bonchev–Trinajstić information content (AvgIpc) is 2.66. The average molecular weight is 220 g/mol. The minimum absolute atomic E-state index is 0.206. The fraction of sp³-hybridized carbons (Fsp3) is 0.273. The zero-order valence-corrected chi connectivity index (χ0v) is 9.24. The summed E-state index contributed by atoms with van der Waals surface area (Å²) >= 11 is 0. The molecule has 0 amide bonds. The Morgan fingerprint density at radius 2 is 2.25 bits per heavy atom. The molecule has 1 N–H and O–H groups in total. The van der Waals surface area contributed by atoms with Gasteiger partial charge in [0, 0.05) is 12.7 Å². The first-order valence-corrected chi connectivity index (χ1v) is 4.99. The van der Waals surface area contributed by atoms with Crippen molar-refractivity contribution in [2.75, 3.05) is 5.32 Å². The van der Waals surface area contributed by atoms with Crippen LogP contribution >= 0.6 is 0 Å². The van der Waals surface area contributed by atoms with Gasteiger partial charge >= 0.3 is 0 Å². The van der Waals surface area contributed by atoms with E-state index in [1.54, 1.807) is 19.3 Å². The highest BCUT2D eigenvalue weighted by molar-refractivity contribution is 5.45. The molecule has 0 unspecified atom stereocenters. The number of benzene rings is 1. The second-order valence-electron chi connectivity index (χ2n) is 3.68. The lowest BCUT2D eigenvalue weighted by Gasteiger charge is -2.06. The molecular weight excluding hydrogens is 207 g/mol. The van der Waals surface area contributed by atoms with Crippen molar-refractivity contribution in [1.82, 2.24) is 14.8 Å². The Labute approximate surface area is 93.1 Å². The van der Waals surface area contributed by atoms with Crippen molar-refractivity contribution in [3.05, 3.63) is 41.7 Å². The molecular formula is C11H13FN4. The van der Waals surface area contributed by atoms with Crippen molar-refractivity contribution in [2.24, 2.45) is 7.05 Å². The van der Waals surface area contributed by atoms with Crippen molar-refractivity contribution < 1.29 is 4.39 Å². The van der Waals surface area contributed by atoms with Crippen LogP contribution in [-0.2, 0) is 13.6 Å². The summed E-state index contributed by atoms with van der Waals surface area (Å²) in [6.07, 6.45) is 1.63. The van der Waals surface area contributed by atoms with E-state index in [4.69, 9.17) is 0 Å². The number of nitrogens with one attached hydrogen (secondary N) is 1. The van der Waals surface area contributed by atoms with Gasteiger partial charge in [0.1, 0.15) is 12.1 Å². The third-order valence-electron chi connectivity index (χ3n) is 2.43. The second kappa shape index (κ2) is 4.30. The Bertz CT molecular complexity index is 492. The quantitative estimate of drug-likeness (QED) is 0.858. The summed E-state index contributed by atoms with van der Waals surface area (Å²) in [4.78, 5) is 0. The summed E-state index contributed by atoms with van der Waals surface area (Å²) in [5, 5.41) is 10.8. The second-order valence-corrected chi connectivity index (χ2v) is 3.68. The van der Waals surface area contributed by atoms with E-state index in [1.807, 2.05) is 17.7 Å². The van der Waals surface area contributed by atoms with E-state index in [0.29, 0.717) is 12.1 Å². The fourth-order valence-electron chi connectivity index (χ4n) is 1.35. The lowest BCUT2D eigenvalue weighted by Crippen LogP contribution is -2.05. The van der Waals surface area contributed by atoms with Crippen LogP contribution in [0, 0.1) is 12.7 Å². The Balaban J connectivity index is 2.05. The topological polar surface area (TPSA) is 42.7 Å². The van der Waals surface area contributed by atoms with Crippen molar-refractivity contribution in [3.8, 4) is 0 Å². The maximum atomic E-state index is 13.3. The van der Waals surface area contributed by atoms with Gasteiger partial charge in [0.25, 0.3) is 0 Å². The van der Waals surface area contributed by atoms with Crippen molar-refractivity contribution in [2.45, 2.75) is 13.5 Å². The minimum Gasteiger partial charge on any atom is -0.378 e. The van der Waals surface area contributed by atoms with E-state index in [-0.39, 0.29) is 5.82 Å². The Hall–Kier alpha value is -1.91. The highest BCUT2D eigenvalue weighted by Crippen LogP contribution is 2.14. The number of nitrogens with zero attached hydrogens (tertiary/aromatic N) is 3. The van der Waals surface area contributed by atoms with Crippen molar-refractivity contribution >= 4 is 5.69 Å². The van der Waals surface area contributed by atoms with Crippen LogP contribution in [0.25, 0.3) is 0 Å². The first kappa shape index (κ1) is 10.6. The van der Waals surface area contributed by atoms with Crippen LogP contribution in [0.5, 0.6) is 0 Å². The SMILES string of the molecule is Cc1ccc(NCc2nncn2C)cc1F. The summed E-state index contributed by atoms with van der Waals surface area (Å²) in [7, 11) is 1.87. The molecule has 2 rings (SSSR count). The molecule has 0 bridgehead atoms. The molecule has 0 aliphatic carbocycles. The first-order valence-electron chi connectivity index (χ1n) is 4.99. The van der Waals surface area contributed by atoms with Crippen molar-refractivity contribution in [3.63, 3.8) is 0 Å². The molecule has 5 heteroatoms. The number of aryl methyl sites for hydroxylation is 2. The summed E-state index contributed by atoms with van der Waals surface area (Å²) in [6.45, 7) is 2.26. The van der Waals surface area contributed by atoms with E-state index in [0.717, 1.165) is 11.5 Å². The Kier molecular flexibility index (Phi) is 2.85. The minimum atomic E-state index is -0.206. The number of hydrogen-bond acceptors (Lipinski definition) is 3. The zero-order chi connectivity index (χ0) is 11.5. The number of halogens is 1. The lowest BCUT2D eigenvalue weighted by molar-refractivity contribution is 0.619. The van der Waals surface area contributed by atoms with E-state index >= 15 is 0 Å². The molecule has 4 nitrogen and oxygen atoms in total. The third kappa shape index (κ3) is 2.18. The van der Waals surface area contributed by atoms with Crippen molar-refractivity contribution in [1.29, 1.82) is 0 Å². The van der Waals surface area contributed by atoms with Gasteiger partial charge in [0.2, 0.25) is 0 Å². The highest BCUT2D eigenvalue weighted by Gasteiger charge is 2.02. The van der Waals surface area contributed by atoms with Gasteiger partial charge in [-0.1, -0.05) is 6.07 Å². The normalized spacial score (nSPS) is 10.4. The summed E-state index contributed by atoms with van der Waals surface area (Å²) < 4.78 is 15.1. The van der Waals surface area contributed by atoms with Crippen LogP contribution < -0.4 is 5.32 Å². The third-order valence-corrected chi connectivity index (χ3v) is 2.43. The predicted molar refractivity (Wildman–Crippen MR) is 59.5 cm³/mol. The molecule has 0 spiro atoms. The monoisotopic (exact) mass is 220 g/mol. The summed E-state index contributed by atoms with van der Waals surface area (Å²) in [6, 6.07) is 5.06. The number of anilines is 1. The van der Waals surface area contributed by atoms with Crippen LogP contribution in [0.2, 0.25) is 0 Å². The molecule has 2 aromatic rings. The van der Waals surface area contributed by atoms with Gasteiger partial charge < -0.3 is 9.88 Å². The molecule has 84 valence electrons. The van der Waals surface area contributed by atoms with E-state index in [2.05, 4.69) is 15.5 Å². The van der Waals surface area contributed by atoms with Gasteiger partial charge in [-0.2, -0.15) is 0 Å². The van der Waals surface area contributed by atoms with Crippen LogP contribution in [0.15, 0.2) is 24.5 Å². The van der Waals surface area contributed by atoms with E-state index in [9.17, 15) is 4.39 Å². The van der Waals surface area contributed by atoms with Gasteiger partial charge in [-0.15, -0.1) is 10.2 Å². The molecule has 1 aromatic heterocycles. The highest BCUT2D eigenvalue weighted by atomic mass is 19.1. The van der Waals surface area contributed by atoms with Crippen LogP contribution in [0.4, 0.5) is 10.1 Å². The molecule has 1 heterocycles. The largest absolute Gasteiger partial charge is 0.378 e. The zero-order valence-electron chi connectivity index (χ0n) is 9.24. The van der Waals surface area contributed by atoms with Crippen LogP contribution in [0.3, 0.4) is 0 Å². The molecule has 1 aromatic carbocycles. The van der Waals surface area contributed by atoms with Crippen LogP contribution in [-0.4, -0.2) is 14.8 Å². The van der Waals surface area contributed by atoms with Gasteiger partial charge in [-0.05, 0) is 24.6 Å². The number of rotatable bonds is 3. The Morgan fingerprint density at radius 3 is 2.88 bits per heavy atom. The molecule has 0 atom stereocenters. The molecule has 0 radical (unpaired) electrons. The van der Waals surface area contributed by atoms with E-state index < -0.39 is 0 Å². The van der Waals surface area contributed by atoms with Gasteiger partial charge in [0.05, 0.1) is 6.54 Å². The van der Waals surface area contributed by atoms with E-state index in [1.165, 1.54) is 6.07 Å². The predicted octanol–water partition coefficient (Wildman–Crippen LogP) is 1.87. The molecule has 0 saturated carbocycles. The molecule has 0 aliphatic heterocycles. The van der Waals surface area contributed by atoms with Gasteiger partial charge in [-0.3, -0.25) is 0 Å². The van der Waals surface area contributed by atoms with Gasteiger partial charge in [0.15, 0.2) is 5.82 Å². The summed E-state index contributed by atoms with van der Waals surface area (Å²) in [5.74, 6) is 0.601. The van der Waals surface area contributed by atoms with Gasteiger partial charge in [-0.25, -0.2) is 4.39 Å². The lowest BCUT2D eigenvalue weighted by atomic mass is 10.2. The molecule has 0 aliphatic rings. The molecule has 0 fully saturated rings. The maximum absolute atomic E-state index is 13.3. The standard InChI is InChI=1S/C11H13FN4/c1-8-3-4-9(5-10(8)12)13-6-11-15-14-7-16(11)2/h3-5,7,13H,6H2,1-2H3. The smallest absolute Gasteiger partial charge is 0.151 e. The molecule has 0 saturated heterocycles. The summed E-state index contributed by atoms with van der Waals surface area (Å²) in [5.41, 5.74) is 1.38. The maximum Gasteiger partial charge on any atom is 0.151 e. The number of aromatic nitrogens is 3. The Morgan fingerprint density at radius 1 is 1.44 bits per heavy atom. The van der Waals surface area contributed by atoms with Crippen LogP contribution in [0.1, 0.15) is 11.4 Å². The molecule has 16 heavy (non-hydrogen) atoms.